The number of anilines is 1. The summed E-state index contributed by atoms with van der Waals surface area (Å²) in [6.45, 7) is 5.77. The molecule has 0 spiro atoms. The van der Waals surface area contributed by atoms with Crippen molar-refractivity contribution < 1.29 is 14.3 Å². The van der Waals surface area contributed by atoms with Crippen LogP contribution in [0.1, 0.15) is 34.8 Å². The number of rotatable bonds is 7. The first-order chi connectivity index (χ1) is 11.1. The van der Waals surface area contributed by atoms with Crippen molar-refractivity contribution in [3.63, 3.8) is 0 Å². The van der Waals surface area contributed by atoms with E-state index in [9.17, 15) is 4.79 Å². The molecule has 6 nitrogen and oxygen atoms in total. The lowest BCUT2D eigenvalue weighted by atomic mass is 10.2. The average Bonchev–Trinajstić information content (AvgIpc) is 2.90. The highest BCUT2D eigenvalue weighted by Gasteiger charge is 2.11. The molecule has 0 aliphatic carbocycles. The highest BCUT2D eigenvalue weighted by Crippen LogP contribution is 2.30. The predicted octanol–water partition coefficient (Wildman–Crippen LogP) is 3.51. The SMILES string of the molecule is CCOc1c(/C=N\Nc2nc(C)c(C(C)=O)s2)cccc1OC. The fraction of sp³-hybridized carbons (Fsp3) is 0.312. The zero-order valence-electron chi connectivity index (χ0n) is 13.5. The van der Waals surface area contributed by atoms with Crippen molar-refractivity contribution in [2.45, 2.75) is 20.8 Å². The molecule has 1 aromatic carbocycles. The fourth-order valence-corrected chi connectivity index (χ4v) is 2.83. The molecule has 0 atom stereocenters. The molecule has 0 unspecified atom stereocenters. The van der Waals surface area contributed by atoms with Crippen LogP contribution in [0, 0.1) is 6.92 Å². The third-order valence-corrected chi connectivity index (χ3v) is 4.16. The lowest BCUT2D eigenvalue weighted by molar-refractivity contribution is 0.102. The van der Waals surface area contributed by atoms with Crippen LogP contribution < -0.4 is 14.9 Å². The third-order valence-electron chi connectivity index (χ3n) is 3.00. The second-order valence-corrected chi connectivity index (χ2v) is 5.67. The van der Waals surface area contributed by atoms with Crippen molar-refractivity contribution in [3.05, 3.63) is 34.3 Å². The van der Waals surface area contributed by atoms with Gasteiger partial charge in [0.25, 0.3) is 0 Å². The van der Waals surface area contributed by atoms with E-state index in [1.165, 1.54) is 18.3 Å². The molecule has 2 aromatic rings. The molecule has 7 heteroatoms. The molecule has 0 radical (unpaired) electrons. The number of methoxy groups -OCH3 is 1. The number of Topliss-reactive ketones (excluding diaryl/α,β-unsaturated/α-hetero) is 1. The number of nitrogens with one attached hydrogen (secondary N) is 1. The number of ketones is 1. The molecule has 0 saturated carbocycles. The van der Waals surface area contributed by atoms with Crippen molar-refractivity contribution in [2.75, 3.05) is 19.1 Å². The normalized spacial score (nSPS) is 10.8. The molecule has 0 fully saturated rings. The Morgan fingerprint density at radius 2 is 2.26 bits per heavy atom. The number of benzene rings is 1. The summed E-state index contributed by atoms with van der Waals surface area (Å²) in [6.07, 6.45) is 1.64. The Kier molecular flexibility index (Phi) is 5.70. The van der Waals surface area contributed by atoms with Gasteiger partial charge in [-0.05, 0) is 26.0 Å². The minimum absolute atomic E-state index is 0.00320. The van der Waals surface area contributed by atoms with Gasteiger partial charge in [0.2, 0.25) is 5.13 Å². The van der Waals surface area contributed by atoms with E-state index in [0.717, 1.165) is 5.56 Å². The van der Waals surface area contributed by atoms with Gasteiger partial charge in [-0.2, -0.15) is 5.10 Å². The van der Waals surface area contributed by atoms with Crippen LogP contribution in [0.25, 0.3) is 0 Å². The second-order valence-electron chi connectivity index (χ2n) is 4.67. The number of aryl methyl sites for hydroxylation is 1. The smallest absolute Gasteiger partial charge is 0.204 e. The predicted molar refractivity (Wildman–Crippen MR) is 92.2 cm³/mol. The molecular formula is C16H19N3O3S. The number of thiazole rings is 1. The number of ether oxygens (including phenoxy) is 2. The number of carbonyl (C=O) groups excluding carboxylic acids is 1. The van der Waals surface area contributed by atoms with Gasteiger partial charge in [-0.3, -0.25) is 10.2 Å². The van der Waals surface area contributed by atoms with Gasteiger partial charge in [0.15, 0.2) is 17.3 Å². The van der Waals surface area contributed by atoms with E-state index in [-0.39, 0.29) is 5.78 Å². The van der Waals surface area contributed by atoms with Crippen LogP contribution >= 0.6 is 11.3 Å². The molecule has 0 aliphatic rings. The van der Waals surface area contributed by atoms with Crippen LogP contribution in [-0.2, 0) is 0 Å². The number of aromatic nitrogens is 1. The zero-order valence-corrected chi connectivity index (χ0v) is 14.4. The van der Waals surface area contributed by atoms with Crippen molar-refractivity contribution in [2.24, 2.45) is 5.10 Å². The number of hydrazone groups is 1. The Labute approximate surface area is 139 Å². The topological polar surface area (TPSA) is 72.8 Å². The van der Waals surface area contributed by atoms with Gasteiger partial charge in [-0.1, -0.05) is 17.4 Å². The minimum atomic E-state index is 0.00320. The van der Waals surface area contributed by atoms with E-state index in [4.69, 9.17) is 9.47 Å². The monoisotopic (exact) mass is 333 g/mol. The van der Waals surface area contributed by atoms with Gasteiger partial charge in [0.05, 0.1) is 30.5 Å². The number of hydrogen-bond acceptors (Lipinski definition) is 7. The van der Waals surface area contributed by atoms with Crippen molar-refractivity contribution in [3.8, 4) is 11.5 Å². The molecular weight excluding hydrogens is 314 g/mol. The second kappa shape index (κ2) is 7.73. The molecule has 0 amide bonds. The Hall–Kier alpha value is -2.41. The van der Waals surface area contributed by atoms with Crippen molar-refractivity contribution in [1.29, 1.82) is 0 Å². The van der Waals surface area contributed by atoms with Crippen molar-refractivity contribution in [1.82, 2.24) is 4.98 Å². The average molecular weight is 333 g/mol. The number of hydrogen-bond donors (Lipinski definition) is 1. The number of nitrogens with zero attached hydrogens (tertiary/aromatic N) is 2. The van der Waals surface area contributed by atoms with Crippen LogP contribution in [0.2, 0.25) is 0 Å². The first kappa shape index (κ1) is 17.0. The molecule has 0 aliphatic heterocycles. The summed E-state index contributed by atoms with van der Waals surface area (Å²) in [5.74, 6) is 1.30. The van der Waals surface area contributed by atoms with Gasteiger partial charge in [-0.25, -0.2) is 4.98 Å². The van der Waals surface area contributed by atoms with E-state index in [2.05, 4.69) is 15.5 Å². The fourth-order valence-electron chi connectivity index (χ4n) is 2.02. The first-order valence-electron chi connectivity index (χ1n) is 7.14. The Morgan fingerprint density at radius 3 is 2.87 bits per heavy atom. The largest absolute Gasteiger partial charge is 0.493 e. The van der Waals surface area contributed by atoms with Gasteiger partial charge >= 0.3 is 0 Å². The molecule has 1 aromatic heterocycles. The van der Waals surface area contributed by atoms with Crippen molar-refractivity contribution >= 4 is 28.5 Å². The number of carbonyl (C=O) groups is 1. The van der Waals surface area contributed by atoms with E-state index < -0.39 is 0 Å². The molecule has 0 saturated heterocycles. The Bertz CT molecular complexity index is 725. The van der Waals surface area contributed by atoms with Crippen LogP contribution in [0.15, 0.2) is 23.3 Å². The summed E-state index contributed by atoms with van der Waals surface area (Å²) in [6, 6.07) is 5.58. The highest BCUT2D eigenvalue weighted by molar-refractivity contribution is 7.17. The third kappa shape index (κ3) is 4.07. The van der Waals surface area contributed by atoms with Gasteiger partial charge in [-0.15, -0.1) is 0 Å². The summed E-state index contributed by atoms with van der Waals surface area (Å²) in [5.41, 5.74) is 4.34. The maximum atomic E-state index is 11.4. The minimum Gasteiger partial charge on any atom is -0.493 e. The summed E-state index contributed by atoms with van der Waals surface area (Å²) in [5, 5.41) is 4.74. The number of para-hydroxylation sites is 1. The van der Waals surface area contributed by atoms with E-state index in [0.29, 0.717) is 33.8 Å². The molecule has 2 rings (SSSR count). The van der Waals surface area contributed by atoms with E-state index in [1.807, 2.05) is 25.1 Å². The molecule has 23 heavy (non-hydrogen) atoms. The maximum absolute atomic E-state index is 11.4. The summed E-state index contributed by atoms with van der Waals surface area (Å²) in [4.78, 5) is 16.3. The summed E-state index contributed by atoms with van der Waals surface area (Å²) < 4.78 is 10.9. The zero-order chi connectivity index (χ0) is 16.8. The van der Waals surface area contributed by atoms with Crippen LogP contribution in [0.4, 0.5) is 5.13 Å². The Morgan fingerprint density at radius 1 is 1.48 bits per heavy atom. The molecule has 1 N–H and O–H groups in total. The van der Waals surface area contributed by atoms with Gasteiger partial charge in [0, 0.05) is 12.5 Å². The molecule has 1 heterocycles. The maximum Gasteiger partial charge on any atom is 0.204 e. The lowest BCUT2D eigenvalue weighted by Crippen LogP contribution is -2.00. The van der Waals surface area contributed by atoms with E-state index >= 15 is 0 Å². The molecule has 0 bridgehead atoms. The van der Waals surface area contributed by atoms with Crippen LogP contribution in [-0.4, -0.2) is 30.7 Å². The quantitative estimate of drug-likeness (QED) is 0.477. The van der Waals surface area contributed by atoms with Crippen LogP contribution in [0.5, 0.6) is 11.5 Å². The summed E-state index contributed by atoms with van der Waals surface area (Å²) in [7, 11) is 1.60. The van der Waals surface area contributed by atoms with Crippen LogP contribution in [0.3, 0.4) is 0 Å². The van der Waals surface area contributed by atoms with Gasteiger partial charge in [0.1, 0.15) is 0 Å². The molecule has 122 valence electrons. The summed E-state index contributed by atoms with van der Waals surface area (Å²) >= 11 is 1.28. The standard InChI is InChI=1S/C16H19N3O3S/c1-5-22-14-12(7-6-8-13(14)21-4)9-17-19-16-18-10(2)15(23-16)11(3)20/h6-9H,5H2,1-4H3,(H,18,19)/b17-9-. The first-order valence-corrected chi connectivity index (χ1v) is 7.95. The Balaban J connectivity index is 2.17. The highest BCUT2D eigenvalue weighted by atomic mass is 32.1. The lowest BCUT2D eigenvalue weighted by Gasteiger charge is -2.11. The van der Waals surface area contributed by atoms with Gasteiger partial charge < -0.3 is 9.47 Å². The van der Waals surface area contributed by atoms with E-state index in [1.54, 1.807) is 20.2 Å².